The zero-order valence-corrected chi connectivity index (χ0v) is 21.0. The van der Waals surface area contributed by atoms with Crippen LogP contribution in [0.2, 0.25) is 0 Å². The highest BCUT2D eigenvalue weighted by atomic mass is 16.5. The molecule has 0 aliphatic heterocycles. The molecule has 0 aliphatic carbocycles. The summed E-state index contributed by atoms with van der Waals surface area (Å²) in [6, 6.07) is 8.41. The number of aromatic nitrogens is 1. The van der Waals surface area contributed by atoms with Crippen LogP contribution in [0.5, 0.6) is 0 Å². The van der Waals surface area contributed by atoms with Crippen molar-refractivity contribution in [2.75, 3.05) is 13.7 Å². The highest BCUT2D eigenvalue weighted by Gasteiger charge is 2.35. The second-order valence-electron chi connectivity index (χ2n) is 9.37. The summed E-state index contributed by atoms with van der Waals surface area (Å²) < 4.78 is 6.54. The quantitative estimate of drug-likeness (QED) is 0.282. The van der Waals surface area contributed by atoms with E-state index in [-0.39, 0.29) is 31.1 Å². The Labute approximate surface area is 211 Å². The fraction of sp³-hybridized carbons (Fsp3) is 0.370. The van der Waals surface area contributed by atoms with Gasteiger partial charge in [-0.2, -0.15) is 5.26 Å². The highest BCUT2D eigenvalue weighted by molar-refractivity contribution is 5.97. The third kappa shape index (κ3) is 7.67. The average Bonchev–Trinajstić information content (AvgIpc) is 3.33. The molecule has 0 aliphatic rings. The minimum Gasteiger partial charge on any atom is -0.461 e. The summed E-state index contributed by atoms with van der Waals surface area (Å²) in [5, 5.41) is 14.2. The fourth-order valence-corrected chi connectivity index (χ4v) is 3.52. The minimum absolute atomic E-state index is 0.00393. The smallest absolute Gasteiger partial charge is 0.308 e. The number of rotatable bonds is 11. The number of carbonyl (C=O) groups excluding carboxylic acids is 4. The van der Waals surface area contributed by atoms with Crippen molar-refractivity contribution in [2.24, 2.45) is 5.41 Å². The molecule has 2 rings (SSSR count). The van der Waals surface area contributed by atoms with Gasteiger partial charge in [0.2, 0.25) is 11.8 Å². The van der Waals surface area contributed by atoms with Crippen molar-refractivity contribution in [1.82, 2.24) is 15.2 Å². The number of carbonyl (C=O) groups is 4. The van der Waals surface area contributed by atoms with Crippen molar-refractivity contribution in [1.29, 1.82) is 5.26 Å². The molecule has 2 amide bonds. The van der Waals surface area contributed by atoms with E-state index in [2.05, 4.69) is 17.2 Å². The zero-order chi connectivity index (χ0) is 26.9. The first-order valence-electron chi connectivity index (χ1n) is 11.5. The lowest BCUT2D eigenvalue weighted by atomic mass is 9.86. The predicted octanol–water partition coefficient (Wildman–Crippen LogP) is 2.72. The molecule has 1 heterocycles. The van der Waals surface area contributed by atoms with E-state index in [1.54, 1.807) is 36.5 Å². The Morgan fingerprint density at radius 3 is 2.36 bits per heavy atom. The number of amides is 2. The number of hydrogen-bond acceptors (Lipinski definition) is 6. The summed E-state index contributed by atoms with van der Waals surface area (Å²) in [6.45, 7) is 8.95. The topological polar surface area (TPSA) is 130 Å². The second-order valence-corrected chi connectivity index (χ2v) is 9.37. The molecule has 2 N–H and O–H groups in total. The SMILES string of the molecule is C=CCOC(=O)CC(C(=O)N[C@H](C(=O)NC)C(C)(C)C)n1ccc(C(=O)Cc2ccc(C#N)cc2)c1. The van der Waals surface area contributed by atoms with E-state index in [0.717, 1.165) is 5.56 Å². The number of nitriles is 1. The molecule has 1 unspecified atom stereocenters. The molecule has 0 fully saturated rings. The number of hydrogen-bond donors (Lipinski definition) is 2. The zero-order valence-electron chi connectivity index (χ0n) is 21.0. The van der Waals surface area contributed by atoms with Crippen molar-refractivity contribution >= 4 is 23.6 Å². The molecule has 0 radical (unpaired) electrons. The molecular weight excluding hydrogens is 460 g/mol. The Morgan fingerprint density at radius 1 is 1.14 bits per heavy atom. The Hall–Kier alpha value is -4.19. The van der Waals surface area contributed by atoms with Gasteiger partial charge in [0.05, 0.1) is 18.1 Å². The Kier molecular flexibility index (Phi) is 9.74. The van der Waals surface area contributed by atoms with Crippen LogP contribution >= 0.6 is 0 Å². The molecule has 1 aromatic heterocycles. The number of esters is 1. The number of nitrogens with one attached hydrogen (secondary N) is 2. The van der Waals surface area contributed by atoms with Crippen LogP contribution in [0.3, 0.4) is 0 Å². The van der Waals surface area contributed by atoms with Crippen LogP contribution in [0, 0.1) is 16.7 Å². The maximum atomic E-state index is 13.3. The van der Waals surface area contributed by atoms with Crippen molar-refractivity contribution in [3.8, 4) is 6.07 Å². The molecule has 0 bridgehead atoms. The van der Waals surface area contributed by atoms with Crippen molar-refractivity contribution in [3.05, 3.63) is 72.1 Å². The van der Waals surface area contributed by atoms with Crippen molar-refractivity contribution in [2.45, 2.75) is 45.7 Å². The summed E-state index contributed by atoms with van der Waals surface area (Å²) in [7, 11) is 1.48. The van der Waals surface area contributed by atoms with Crippen LogP contribution < -0.4 is 10.6 Å². The number of Topliss-reactive ketones (excluding diaryl/α,β-unsaturated/α-hetero) is 1. The summed E-state index contributed by atoms with van der Waals surface area (Å²) >= 11 is 0. The van der Waals surface area contributed by atoms with Gasteiger partial charge in [-0.25, -0.2) is 0 Å². The maximum absolute atomic E-state index is 13.3. The first-order chi connectivity index (χ1) is 17.0. The van der Waals surface area contributed by atoms with Crippen molar-refractivity contribution < 1.29 is 23.9 Å². The van der Waals surface area contributed by atoms with Gasteiger partial charge in [0.15, 0.2) is 5.78 Å². The fourth-order valence-electron chi connectivity index (χ4n) is 3.52. The van der Waals surface area contributed by atoms with E-state index in [1.807, 2.05) is 26.8 Å². The lowest BCUT2D eigenvalue weighted by molar-refractivity contribution is -0.145. The van der Waals surface area contributed by atoms with E-state index in [9.17, 15) is 19.2 Å². The molecule has 0 saturated carbocycles. The summed E-state index contributed by atoms with van der Waals surface area (Å²) in [6.07, 6.45) is 4.27. The molecule has 2 aromatic rings. The van der Waals surface area contributed by atoms with Gasteiger partial charge in [0, 0.05) is 31.4 Å². The first-order valence-corrected chi connectivity index (χ1v) is 11.5. The average molecular weight is 493 g/mol. The number of likely N-dealkylation sites (N-methyl/N-ethyl adjacent to an activating group) is 1. The standard InChI is InChI=1S/C27H32N4O5/c1-6-13-36-23(33)15-21(25(34)30-24(26(35)29-5)27(2,3)4)31-12-11-20(17-31)22(32)14-18-7-9-19(16-28)10-8-18/h6-12,17,21,24H,1,13-15H2,2-5H3,(H,29,35)(H,30,34)/t21?,24-/m1/s1. The van der Waals surface area contributed by atoms with Crippen LogP contribution in [0.1, 0.15) is 54.7 Å². The summed E-state index contributed by atoms with van der Waals surface area (Å²) in [4.78, 5) is 50.9. The van der Waals surface area contributed by atoms with Crippen LogP contribution in [0.4, 0.5) is 0 Å². The number of ketones is 1. The van der Waals surface area contributed by atoms with Gasteiger partial charge >= 0.3 is 5.97 Å². The Bertz CT molecular complexity index is 1150. The van der Waals surface area contributed by atoms with E-state index in [0.29, 0.717) is 11.1 Å². The lowest BCUT2D eigenvalue weighted by Gasteiger charge is -2.31. The van der Waals surface area contributed by atoms with Gasteiger partial charge < -0.3 is 19.9 Å². The number of benzene rings is 1. The third-order valence-electron chi connectivity index (χ3n) is 5.53. The van der Waals surface area contributed by atoms with E-state index < -0.39 is 29.4 Å². The number of nitrogens with zero attached hydrogens (tertiary/aromatic N) is 2. The van der Waals surface area contributed by atoms with E-state index >= 15 is 0 Å². The van der Waals surface area contributed by atoms with Gasteiger partial charge in [0.25, 0.3) is 0 Å². The van der Waals surface area contributed by atoms with Crippen LogP contribution in [0.15, 0.2) is 55.4 Å². The van der Waals surface area contributed by atoms with Crippen LogP contribution in [-0.4, -0.2) is 47.8 Å². The number of ether oxygens (including phenoxy) is 1. The van der Waals surface area contributed by atoms with Crippen LogP contribution in [0.25, 0.3) is 0 Å². The molecule has 9 heteroatoms. The van der Waals surface area contributed by atoms with Gasteiger partial charge in [0.1, 0.15) is 18.7 Å². The molecule has 2 atom stereocenters. The minimum atomic E-state index is -1.05. The predicted molar refractivity (Wildman–Crippen MR) is 134 cm³/mol. The normalized spacial score (nSPS) is 12.5. The Balaban J connectivity index is 2.28. The largest absolute Gasteiger partial charge is 0.461 e. The highest BCUT2D eigenvalue weighted by Crippen LogP contribution is 2.22. The molecule has 9 nitrogen and oxygen atoms in total. The monoisotopic (exact) mass is 492 g/mol. The molecular formula is C27H32N4O5. The molecule has 0 spiro atoms. The van der Waals surface area contributed by atoms with E-state index in [1.165, 1.54) is 23.9 Å². The summed E-state index contributed by atoms with van der Waals surface area (Å²) in [5.74, 6) is -1.74. The maximum Gasteiger partial charge on any atom is 0.308 e. The summed E-state index contributed by atoms with van der Waals surface area (Å²) in [5.41, 5.74) is 1.01. The van der Waals surface area contributed by atoms with Crippen LogP contribution in [-0.2, 0) is 25.5 Å². The second kappa shape index (κ2) is 12.5. The van der Waals surface area contributed by atoms with Crippen molar-refractivity contribution in [3.63, 3.8) is 0 Å². The Morgan fingerprint density at radius 2 is 1.81 bits per heavy atom. The van der Waals surface area contributed by atoms with Gasteiger partial charge in [-0.1, -0.05) is 45.6 Å². The van der Waals surface area contributed by atoms with E-state index in [4.69, 9.17) is 10.00 Å². The third-order valence-corrected chi connectivity index (χ3v) is 5.53. The first kappa shape index (κ1) is 28.1. The van der Waals surface area contributed by atoms with Gasteiger partial charge in [-0.15, -0.1) is 0 Å². The molecule has 190 valence electrons. The molecule has 1 aromatic carbocycles. The molecule has 0 saturated heterocycles. The molecule has 36 heavy (non-hydrogen) atoms. The lowest BCUT2D eigenvalue weighted by Crippen LogP contribution is -2.54. The van der Waals surface area contributed by atoms with Gasteiger partial charge in [-0.3, -0.25) is 19.2 Å². The van der Waals surface area contributed by atoms with Gasteiger partial charge in [-0.05, 0) is 29.2 Å².